The fourth-order valence-electron chi connectivity index (χ4n) is 1.22. The number of hydrogen-bond donors (Lipinski definition) is 4. The van der Waals surface area contributed by atoms with E-state index >= 15 is 0 Å². The molecule has 6 nitrogen and oxygen atoms in total. The molecule has 0 fully saturated rings. The monoisotopic (exact) mass is 249 g/mol. The molecule has 0 aliphatic heterocycles. The Kier molecular flexibility index (Phi) is 4.16. The number of phenolic OH excluding ortho intramolecular Hbond substituents is 2. The summed E-state index contributed by atoms with van der Waals surface area (Å²) in [7, 11) is 0. The van der Waals surface area contributed by atoms with Gasteiger partial charge in [0.2, 0.25) is 0 Å². The first-order chi connectivity index (χ1) is 8.45. The second-order valence-corrected chi connectivity index (χ2v) is 3.48. The van der Waals surface area contributed by atoms with Gasteiger partial charge in [0.05, 0.1) is 0 Å². The van der Waals surface area contributed by atoms with Gasteiger partial charge in [0, 0.05) is 12.0 Å². The number of carboxylic acids is 1. The Hall–Kier alpha value is -2.68. The maximum atomic E-state index is 11.7. The highest BCUT2D eigenvalue weighted by atomic mass is 16.4. The minimum atomic E-state index is -1.25. The van der Waals surface area contributed by atoms with Crippen molar-refractivity contribution in [1.29, 1.82) is 0 Å². The third kappa shape index (κ3) is 3.15. The van der Waals surface area contributed by atoms with E-state index in [0.29, 0.717) is 0 Å². The first-order valence-corrected chi connectivity index (χ1v) is 4.94. The number of phenols is 2. The maximum Gasteiger partial charge on any atom is 0.327 e. The topological polar surface area (TPSA) is 107 Å². The van der Waals surface area contributed by atoms with Crippen molar-refractivity contribution in [2.45, 2.75) is 12.5 Å². The van der Waals surface area contributed by atoms with Crippen LogP contribution in [0.3, 0.4) is 0 Å². The molecule has 1 aromatic rings. The van der Waals surface area contributed by atoms with Crippen LogP contribution >= 0.6 is 0 Å². The zero-order chi connectivity index (χ0) is 13.7. The molecule has 0 heterocycles. The molecule has 94 valence electrons. The quantitative estimate of drug-likeness (QED) is 0.453. The largest absolute Gasteiger partial charge is 0.504 e. The Bertz CT molecular complexity index is 518. The van der Waals surface area contributed by atoms with Gasteiger partial charge in [0.15, 0.2) is 11.5 Å². The first-order valence-electron chi connectivity index (χ1n) is 4.94. The van der Waals surface area contributed by atoms with Crippen LogP contribution in [0.25, 0.3) is 0 Å². The highest BCUT2D eigenvalue weighted by Crippen LogP contribution is 2.24. The number of aliphatic carboxylic acids is 1. The number of nitrogens with one attached hydrogen (secondary N) is 1. The number of amides is 1. The molecule has 1 aromatic carbocycles. The molecule has 1 unspecified atom stereocenters. The Morgan fingerprint density at radius 3 is 2.50 bits per heavy atom. The number of benzene rings is 1. The van der Waals surface area contributed by atoms with Crippen LogP contribution < -0.4 is 5.32 Å². The molecular formula is C12H11NO5. The lowest BCUT2D eigenvalue weighted by Gasteiger charge is -2.12. The number of carbonyl (C=O) groups excluding carboxylic acids is 1. The summed E-state index contributed by atoms with van der Waals surface area (Å²) in [5, 5.41) is 29.3. The van der Waals surface area contributed by atoms with E-state index in [1.807, 2.05) is 0 Å². The number of carboxylic acid groups (broad SMARTS) is 1. The van der Waals surface area contributed by atoms with E-state index in [2.05, 4.69) is 11.2 Å². The van der Waals surface area contributed by atoms with Crippen LogP contribution in [-0.4, -0.2) is 33.2 Å². The Labute approximate surface area is 103 Å². The number of carbonyl (C=O) groups is 2. The second kappa shape index (κ2) is 5.59. The highest BCUT2D eigenvalue weighted by molar-refractivity contribution is 5.97. The van der Waals surface area contributed by atoms with E-state index in [1.54, 1.807) is 0 Å². The summed E-state index contributed by atoms with van der Waals surface area (Å²) < 4.78 is 0. The van der Waals surface area contributed by atoms with Crippen LogP contribution in [0.15, 0.2) is 18.2 Å². The van der Waals surface area contributed by atoms with E-state index in [4.69, 9.17) is 16.6 Å². The lowest BCUT2D eigenvalue weighted by molar-refractivity contribution is -0.139. The van der Waals surface area contributed by atoms with Crippen molar-refractivity contribution < 1.29 is 24.9 Å². The van der Waals surface area contributed by atoms with Crippen molar-refractivity contribution in [3.63, 3.8) is 0 Å². The number of aromatic hydroxyl groups is 2. The first kappa shape index (κ1) is 13.4. The van der Waals surface area contributed by atoms with Gasteiger partial charge in [-0.05, 0) is 18.2 Å². The Morgan fingerprint density at radius 1 is 1.33 bits per heavy atom. The molecule has 1 rings (SSSR count). The molecule has 4 N–H and O–H groups in total. The molecule has 0 spiro atoms. The molecular weight excluding hydrogens is 238 g/mol. The summed E-state index contributed by atoms with van der Waals surface area (Å²) >= 11 is 0. The average molecular weight is 249 g/mol. The maximum absolute atomic E-state index is 11.7. The molecule has 0 aliphatic rings. The fraction of sp³-hybridized carbons (Fsp3) is 0.167. The summed E-state index contributed by atoms with van der Waals surface area (Å²) in [6.45, 7) is 0. The predicted molar refractivity (Wildman–Crippen MR) is 62.1 cm³/mol. The van der Waals surface area contributed by atoms with E-state index in [0.717, 1.165) is 12.1 Å². The molecule has 6 heteroatoms. The van der Waals surface area contributed by atoms with Crippen molar-refractivity contribution in [2.75, 3.05) is 0 Å². The highest BCUT2D eigenvalue weighted by Gasteiger charge is 2.20. The van der Waals surface area contributed by atoms with E-state index in [9.17, 15) is 14.7 Å². The molecule has 0 aromatic heterocycles. The smallest absolute Gasteiger partial charge is 0.327 e. The fourth-order valence-corrected chi connectivity index (χ4v) is 1.22. The zero-order valence-electron chi connectivity index (χ0n) is 9.25. The van der Waals surface area contributed by atoms with Crippen LogP contribution in [0.1, 0.15) is 16.8 Å². The molecule has 1 atom stereocenters. The number of terminal acetylenes is 1. The van der Waals surface area contributed by atoms with Gasteiger partial charge in [-0.15, -0.1) is 12.3 Å². The third-order valence-corrected chi connectivity index (χ3v) is 2.16. The minimum Gasteiger partial charge on any atom is -0.504 e. The normalized spacial score (nSPS) is 11.3. The Morgan fingerprint density at radius 2 is 2.00 bits per heavy atom. The van der Waals surface area contributed by atoms with Crippen LogP contribution in [0.2, 0.25) is 0 Å². The third-order valence-electron chi connectivity index (χ3n) is 2.16. The van der Waals surface area contributed by atoms with Gasteiger partial charge >= 0.3 is 5.97 Å². The van der Waals surface area contributed by atoms with E-state index in [1.165, 1.54) is 6.07 Å². The molecule has 0 bridgehead atoms. The lowest BCUT2D eigenvalue weighted by atomic mass is 10.1. The van der Waals surface area contributed by atoms with Crippen LogP contribution in [-0.2, 0) is 4.79 Å². The molecule has 0 aliphatic carbocycles. The van der Waals surface area contributed by atoms with Crippen molar-refractivity contribution in [3.8, 4) is 23.8 Å². The lowest BCUT2D eigenvalue weighted by Crippen LogP contribution is -2.40. The Balaban J connectivity index is 2.84. The van der Waals surface area contributed by atoms with Crippen LogP contribution in [0.5, 0.6) is 11.5 Å². The van der Waals surface area contributed by atoms with Gasteiger partial charge in [-0.2, -0.15) is 0 Å². The van der Waals surface area contributed by atoms with Gasteiger partial charge in [-0.25, -0.2) is 4.79 Å². The molecule has 0 saturated carbocycles. The van der Waals surface area contributed by atoms with Gasteiger partial charge in [0.25, 0.3) is 5.91 Å². The summed E-state index contributed by atoms with van der Waals surface area (Å²) in [4.78, 5) is 22.4. The van der Waals surface area contributed by atoms with Gasteiger partial charge in [0.1, 0.15) is 6.04 Å². The standard InChI is InChI=1S/C12H11NO5/c1-2-3-8(12(17)18)13-11(16)7-4-5-9(14)10(15)6-7/h1,4-6,8,14-15H,3H2,(H,13,16)(H,17,18). The second-order valence-electron chi connectivity index (χ2n) is 3.48. The summed E-state index contributed by atoms with van der Waals surface area (Å²) in [5.41, 5.74) is 0.0218. The van der Waals surface area contributed by atoms with E-state index < -0.39 is 23.7 Å². The van der Waals surface area contributed by atoms with Gasteiger partial charge in [-0.3, -0.25) is 4.79 Å². The summed E-state index contributed by atoms with van der Waals surface area (Å²) in [6.07, 6.45) is 4.84. The van der Waals surface area contributed by atoms with Gasteiger partial charge < -0.3 is 20.6 Å². The molecule has 1 amide bonds. The van der Waals surface area contributed by atoms with Gasteiger partial charge in [-0.1, -0.05) is 0 Å². The number of rotatable bonds is 4. The number of hydrogen-bond acceptors (Lipinski definition) is 4. The van der Waals surface area contributed by atoms with E-state index in [-0.39, 0.29) is 17.7 Å². The molecule has 18 heavy (non-hydrogen) atoms. The molecule has 0 radical (unpaired) electrons. The molecule has 0 saturated heterocycles. The SMILES string of the molecule is C#CCC(NC(=O)c1ccc(O)c(O)c1)C(=O)O. The minimum absolute atomic E-state index is 0.0218. The van der Waals surface area contributed by atoms with Crippen molar-refractivity contribution in [3.05, 3.63) is 23.8 Å². The predicted octanol–water partition coefficient (Wildman–Crippen LogP) is 0.304. The summed E-state index contributed by atoms with van der Waals surface area (Å²) in [5.74, 6) is -0.642. The van der Waals surface area contributed by atoms with Crippen LogP contribution in [0, 0.1) is 12.3 Å². The zero-order valence-corrected chi connectivity index (χ0v) is 9.25. The average Bonchev–Trinajstić information content (AvgIpc) is 2.31. The van der Waals surface area contributed by atoms with Crippen molar-refractivity contribution in [2.24, 2.45) is 0 Å². The summed E-state index contributed by atoms with van der Waals surface area (Å²) in [6, 6.07) is 2.21. The van der Waals surface area contributed by atoms with Crippen LogP contribution in [0.4, 0.5) is 0 Å². The van der Waals surface area contributed by atoms with Crippen molar-refractivity contribution in [1.82, 2.24) is 5.32 Å². The van der Waals surface area contributed by atoms with Crippen molar-refractivity contribution >= 4 is 11.9 Å².